The molecule has 0 aromatic heterocycles. The summed E-state index contributed by atoms with van der Waals surface area (Å²) in [6, 6.07) is 10.9. The van der Waals surface area contributed by atoms with Crippen LogP contribution in [0.3, 0.4) is 0 Å². The van der Waals surface area contributed by atoms with Gasteiger partial charge in [0.05, 0.1) is 0 Å². The van der Waals surface area contributed by atoms with E-state index in [0.29, 0.717) is 3.80 Å². The first-order valence-corrected chi connectivity index (χ1v) is 14.1. The standard InChI is InChI=1S/C14H15.3CH3.Pt/c1-11-8-9-14(12(11)2)10-13-6-4-3-5-7-13;;;;/h3-9H,10H2,1-2H3;3*1H3;. The van der Waals surface area contributed by atoms with E-state index in [0.717, 1.165) is 0 Å². The fraction of sp³-hybridized carbons (Fsp3) is 0.412. The van der Waals surface area contributed by atoms with E-state index >= 15 is 0 Å². The van der Waals surface area contributed by atoms with Crippen LogP contribution in [0.2, 0.25) is 19.7 Å². The number of allylic oxidation sites excluding steroid dienone is 4. The molecule has 1 atom stereocenters. The number of hydrogen-bond donors (Lipinski definition) is 0. The number of hydrogen-bond acceptors (Lipinski definition) is 0. The maximum absolute atomic E-state index is 2.53. The molecule has 1 aromatic rings. The van der Waals surface area contributed by atoms with E-state index in [-0.39, 0.29) is 0 Å². The summed E-state index contributed by atoms with van der Waals surface area (Å²) in [4.78, 5) is 0. The average molecular weight is 423 g/mol. The van der Waals surface area contributed by atoms with E-state index in [9.17, 15) is 0 Å². The molecule has 18 heavy (non-hydrogen) atoms. The molecule has 0 N–H and O–H groups in total. The summed E-state index contributed by atoms with van der Waals surface area (Å²) in [5.74, 6) is 0. The van der Waals surface area contributed by atoms with Crippen LogP contribution in [0, 0.1) is 0 Å². The van der Waals surface area contributed by atoms with Crippen molar-refractivity contribution >= 4 is 0 Å². The van der Waals surface area contributed by atoms with Crippen molar-refractivity contribution in [1.82, 2.24) is 0 Å². The SMILES string of the molecule is CC1=C(C)[C](Cc2ccccc2)([Pt]([CH3])([CH3])[CH3])C=C1. The van der Waals surface area contributed by atoms with Crippen molar-refractivity contribution in [2.45, 2.75) is 40.0 Å². The van der Waals surface area contributed by atoms with Crippen molar-refractivity contribution in [2.24, 2.45) is 0 Å². The van der Waals surface area contributed by atoms with Gasteiger partial charge in [-0.3, -0.25) is 0 Å². The number of benzene rings is 1. The van der Waals surface area contributed by atoms with Crippen LogP contribution in [-0.2, 0) is 22.5 Å². The van der Waals surface area contributed by atoms with Crippen molar-refractivity contribution in [2.75, 3.05) is 0 Å². The van der Waals surface area contributed by atoms with Crippen LogP contribution in [-0.4, -0.2) is 0 Å². The predicted octanol–water partition coefficient (Wildman–Crippen LogP) is 5.59. The summed E-state index contributed by atoms with van der Waals surface area (Å²) in [6.07, 6.45) is 6.02. The minimum absolute atomic E-state index is 0.346. The van der Waals surface area contributed by atoms with Gasteiger partial charge in [0, 0.05) is 0 Å². The van der Waals surface area contributed by atoms with Gasteiger partial charge in [-0.15, -0.1) is 0 Å². The third-order valence-electron chi connectivity index (χ3n) is 3.92. The van der Waals surface area contributed by atoms with Crippen LogP contribution < -0.4 is 0 Å². The summed E-state index contributed by atoms with van der Waals surface area (Å²) in [5.41, 5.74) is 4.55. The molecule has 0 spiro atoms. The van der Waals surface area contributed by atoms with Gasteiger partial charge in [0.15, 0.2) is 0 Å². The van der Waals surface area contributed by atoms with E-state index in [2.05, 4.69) is 72.3 Å². The molecule has 0 bridgehead atoms. The molecule has 0 saturated carbocycles. The molecule has 1 aliphatic carbocycles. The van der Waals surface area contributed by atoms with E-state index in [1.165, 1.54) is 17.6 Å². The van der Waals surface area contributed by atoms with Gasteiger partial charge in [0.2, 0.25) is 0 Å². The van der Waals surface area contributed by atoms with Crippen molar-refractivity contribution in [3.05, 3.63) is 59.2 Å². The van der Waals surface area contributed by atoms with Gasteiger partial charge in [-0.2, -0.15) is 0 Å². The second-order valence-electron chi connectivity index (χ2n) is 5.53. The molecular formula is C17H24Pt. The van der Waals surface area contributed by atoms with Gasteiger partial charge in [-0.05, 0) is 0 Å². The van der Waals surface area contributed by atoms with Gasteiger partial charge < -0.3 is 0 Å². The van der Waals surface area contributed by atoms with Crippen molar-refractivity contribution in [1.29, 1.82) is 0 Å². The summed E-state index contributed by atoms with van der Waals surface area (Å²) in [5, 5.41) is 7.59. The summed E-state index contributed by atoms with van der Waals surface area (Å²) in [7, 11) is 0. The Labute approximate surface area is 115 Å². The summed E-state index contributed by atoms with van der Waals surface area (Å²) in [6.45, 7) is 4.60. The maximum atomic E-state index is 2.53. The fourth-order valence-electron chi connectivity index (χ4n) is 2.57. The Kier molecular flexibility index (Phi) is 3.69. The van der Waals surface area contributed by atoms with Gasteiger partial charge in [0.1, 0.15) is 0 Å². The zero-order chi connectivity index (χ0) is 13.4. The summed E-state index contributed by atoms with van der Waals surface area (Å²) < 4.78 is 0.346. The Balaban J connectivity index is 2.44. The first-order valence-electron chi connectivity index (χ1n) is 6.14. The number of rotatable bonds is 3. The van der Waals surface area contributed by atoms with Crippen LogP contribution in [0.1, 0.15) is 19.4 Å². The van der Waals surface area contributed by atoms with E-state index in [1.807, 2.05) is 0 Å². The van der Waals surface area contributed by atoms with Crippen LogP contribution in [0.5, 0.6) is 0 Å². The molecule has 1 heteroatoms. The average Bonchev–Trinajstić information content (AvgIpc) is 2.59. The molecule has 0 aliphatic heterocycles. The first kappa shape index (κ1) is 13.8. The monoisotopic (exact) mass is 423 g/mol. The first-order chi connectivity index (χ1) is 8.37. The van der Waals surface area contributed by atoms with Crippen molar-refractivity contribution < 1.29 is 16.1 Å². The molecule has 0 amide bonds. The Bertz CT molecular complexity index is 488. The second kappa shape index (κ2) is 4.82. The molecule has 0 nitrogen and oxygen atoms in total. The van der Waals surface area contributed by atoms with Crippen LogP contribution in [0.25, 0.3) is 0 Å². The summed E-state index contributed by atoms with van der Waals surface area (Å²) >= 11 is -1.77. The van der Waals surface area contributed by atoms with Gasteiger partial charge in [-0.1, -0.05) is 0 Å². The van der Waals surface area contributed by atoms with Crippen molar-refractivity contribution in [3.63, 3.8) is 0 Å². The Morgan fingerprint density at radius 2 is 1.61 bits per heavy atom. The Morgan fingerprint density at radius 3 is 2.06 bits per heavy atom. The van der Waals surface area contributed by atoms with Crippen LogP contribution >= 0.6 is 0 Å². The van der Waals surface area contributed by atoms with Crippen LogP contribution in [0.15, 0.2) is 53.6 Å². The van der Waals surface area contributed by atoms with E-state index in [1.54, 1.807) is 5.57 Å². The molecule has 2 rings (SSSR count). The predicted molar refractivity (Wildman–Crippen MR) is 77.9 cm³/mol. The molecule has 1 unspecified atom stereocenters. The van der Waals surface area contributed by atoms with Crippen LogP contribution in [0.4, 0.5) is 0 Å². The fourth-order valence-corrected chi connectivity index (χ4v) is 8.57. The Hall–Kier alpha value is -0.612. The normalized spacial score (nSPS) is 24.7. The van der Waals surface area contributed by atoms with E-state index in [4.69, 9.17) is 0 Å². The molecule has 102 valence electrons. The van der Waals surface area contributed by atoms with Gasteiger partial charge in [-0.25, -0.2) is 0 Å². The molecule has 0 radical (unpaired) electrons. The second-order valence-corrected chi connectivity index (χ2v) is 17.8. The topological polar surface area (TPSA) is 0 Å². The Morgan fingerprint density at radius 1 is 1.00 bits per heavy atom. The molecule has 1 aliphatic rings. The van der Waals surface area contributed by atoms with E-state index < -0.39 is 16.1 Å². The molecule has 0 fully saturated rings. The molecule has 0 heterocycles. The third kappa shape index (κ3) is 2.28. The van der Waals surface area contributed by atoms with Crippen molar-refractivity contribution in [3.8, 4) is 0 Å². The van der Waals surface area contributed by atoms with Gasteiger partial charge >= 0.3 is 115 Å². The molecule has 0 saturated heterocycles. The molecular weight excluding hydrogens is 399 g/mol. The van der Waals surface area contributed by atoms with Gasteiger partial charge in [0.25, 0.3) is 0 Å². The zero-order valence-electron chi connectivity index (χ0n) is 12.1. The molecule has 1 aromatic carbocycles. The minimum atomic E-state index is -1.77. The third-order valence-corrected chi connectivity index (χ3v) is 11.6. The zero-order valence-corrected chi connectivity index (χ0v) is 14.3. The quantitative estimate of drug-likeness (QED) is 0.594.